The molecule has 1 aromatic heterocycles. The number of carboxylic acids is 1. The van der Waals surface area contributed by atoms with E-state index in [9.17, 15) is 24.3 Å². The molecule has 12 nitrogen and oxygen atoms in total. The van der Waals surface area contributed by atoms with Gasteiger partial charge >= 0.3 is 11.9 Å². The summed E-state index contributed by atoms with van der Waals surface area (Å²) in [6.45, 7) is 0.975. The van der Waals surface area contributed by atoms with Gasteiger partial charge in [-0.05, 0) is 0 Å². The molecule has 0 unspecified atom stereocenters. The number of β-lactam (4-membered cyclic amide) rings is 1. The number of carboxylic acid groups (broad SMARTS) is 1. The molecular weight excluding hydrogens is 438 g/mol. The van der Waals surface area contributed by atoms with E-state index in [1.165, 1.54) is 31.2 Å². The lowest BCUT2D eigenvalue weighted by Gasteiger charge is -2.49. The number of esters is 1. The number of anilines is 1. The van der Waals surface area contributed by atoms with E-state index in [0.717, 1.165) is 16.2 Å². The van der Waals surface area contributed by atoms with Crippen LogP contribution < -0.4 is 11.1 Å². The number of thiazole rings is 1. The lowest BCUT2D eigenvalue weighted by Crippen LogP contribution is -2.71. The van der Waals surface area contributed by atoms with E-state index >= 15 is 0 Å². The van der Waals surface area contributed by atoms with Crippen molar-refractivity contribution in [2.45, 2.75) is 18.3 Å². The number of rotatable bonds is 7. The normalized spacial score (nSPS) is 20.9. The Balaban J connectivity index is 1.77. The molecule has 3 rings (SSSR count). The molecule has 3 heterocycles. The second-order valence-corrected chi connectivity index (χ2v) is 8.09. The Morgan fingerprint density at radius 1 is 1.47 bits per heavy atom. The molecule has 0 aliphatic carbocycles. The molecule has 2 amide bonds. The second kappa shape index (κ2) is 8.71. The van der Waals surface area contributed by atoms with Crippen molar-refractivity contribution in [1.29, 1.82) is 0 Å². The van der Waals surface area contributed by atoms with E-state index in [1.54, 1.807) is 0 Å². The number of nitrogens with one attached hydrogen (secondary N) is 1. The summed E-state index contributed by atoms with van der Waals surface area (Å²) in [6.07, 6.45) is 0. The average molecular weight is 455 g/mol. The van der Waals surface area contributed by atoms with Gasteiger partial charge in [-0.15, -0.1) is 23.1 Å². The van der Waals surface area contributed by atoms with Crippen LogP contribution in [-0.2, 0) is 28.8 Å². The highest BCUT2D eigenvalue weighted by molar-refractivity contribution is 8.00. The Morgan fingerprint density at radius 3 is 2.77 bits per heavy atom. The van der Waals surface area contributed by atoms with Gasteiger partial charge in [-0.1, -0.05) is 5.16 Å². The Kier molecular flexibility index (Phi) is 6.26. The zero-order valence-corrected chi connectivity index (χ0v) is 17.4. The molecule has 160 valence electrons. The van der Waals surface area contributed by atoms with Gasteiger partial charge in [0.25, 0.3) is 11.8 Å². The number of carbonyl (C=O) groups is 4. The molecule has 0 saturated carbocycles. The maximum Gasteiger partial charge on any atom is 0.352 e. The SMILES string of the molecule is CO/N=C(/C(=O)N[C@H]1C(=O)N2C(C(=O)O)=C(COC(C)=O)CS[C@H]12)c1csc(N)n1. The number of thioether (sulfide) groups is 1. The second-order valence-electron chi connectivity index (χ2n) is 6.09. The van der Waals surface area contributed by atoms with E-state index in [2.05, 4.69) is 20.3 Å². The van der Waals surface area contributed by atoms with Gasteiger partial charge < -0.3 is 25.7 Å². The van der Waals surface area contributed by atoms with Crippen LogP contribution in [0.5, 0.6) is 0 Å². The minimum atomic E-state index is -1.32. The first-order chi connectivity index (χ1) is 14.2. The zero-order valence-electron chi connectivity index (χ0n) is 15.8. The van der Waals surface area contributed by atoms with Crippen LogP contribution in [0.4, 0.5) is 5.13 Å². The van der Waals surface area contributed by atoms with Gasteiger partial charge in [-0.3, -0.25) is 19.3 Å². The van der Waals surface area contributed by atoms with Gasteiger partial charge in [0.2, 0.25) is 0 Å². The van der Waals surface area contributed by atoms with E-state index in [1.807, 2.05) is 0 Å². The van der Waals surface area contributed by atoms with Crippen molar-refractivity contribution in [3.8, 4) is 0 Å². The van der Waals surface area contributed by atoms with Crippen LogP contribution in [0, 0.1) is 0 Å². The number of oxime groups is 1. The van der Waals surface area contributed by atoms with Gasteiger partial charge in [0.15, 0.2) is 10.8 Å². The monoisotopic (exact) mass is 455 g/mol. The molecule has 1 aromatic rings. The smallest absolute Gasteiger partial charge is 0.352 e. The summed E-state index contributed by atoms with van der Waals surface area (Å²) in [4.78, 5) is 57.8. The summed E-state index contributed by atoms with van der Waals surface area (Å²) in [6, 6.07) is -0.967. The first kappa shape index (κ1) is 21.6. The van der Waals surface area contributed by atoms with Crippen LogP contribution in [0.2, 0.25) is 0 Å². The van der Waals surface area contributed by atoms with Crippen LogP contribution in [0.15, 0.2) is 21.8 Å². The molecule has 1 fully saturated rings. The van der Waals surface area contributed by atoms with Crippen LogP contribution in [0.3, 0.4) is 0 Å². The van der Waals surface area contributed by atoms with Crippen LogP contribution in [-0.4, -0.2) is 75.3 Å². The minimum Gasteiger partial charge on any atom is -0.477 e. The zero-order chi connectivity index (χ0) is 22.0. The summed E-state index contributed by atoms with van der Waals surface area (Å²) in [5.41, 5.74) is 5.67. The van der Waals surface area contributed by atoms with Gasteiger partial charge in [0, 0.05) is 23.6 Å². The molecule has 14 heteroatoms. The fourth-order valence-electron chi connectivity index (χ4n) is 2.88. The third-order valence-corrected chi connectivity index (χ3v) is 6.16. The van der Waals surface area contributed by atoms with Gasteiger partial charge in [-0.25, -0.2) is 9.78 Å². The number of aliphatic carboxylic acids is 1. The van der Waals surface area contributed by atoms with Gasteiger partial charge in [-0.2, -0.15) is 0 Å². The number of aromatic nitrogens is 1. The molecule has 1 saturated heterocycles. The number of hydrogen-bond donors (Lipinski definition) is 3. The number of ether oxygens (including phenoxy) is 1. The van der Waals surface area contributed by atoms with Crippen LogP contribution in [0.1, 0.15) is 12.6 Å². The van der Waals surface area contributed by atoms with Crippen molar-refractivity contribution >= 4 is 57.7 Å². The average Bonchev–Trinajstić information content (AvgIpc) is 3.13. The number of hydrogen-bond acceptors (Lipinski definition) is 11. The predicted molar refractivity (Wildman–Crippen MR) is 106 cm³/mol. The van der Waals surface area contributed by atoms with Crippen molar-refractivity contribution in [1.82, 2.24) is 15.2 Å². The molecule has 30 heavy (non-hydrogen) atoms. The summed E-state index contributed by atoms with van der Waals surface area (Å²) in [5.74, 6) is -2.98. The summed E-state index contributed by atoms with van der Waals surface area (Å²) < 4.78 is 4.88. The van der Waals surface area contributed by atoms with E-state index in [-0.39, 0.29) is 34.6 Å². The molecule has 4 N–H and O–H groups in total. The summed E-state index contributed by atoms with van der Waals surface area (Å²) >= 11 is 2.35. The number of amides is 2. The first-order valence-electron chi connectivity index (χ1n) is 8.41. The topological polar surface area (TPSA) is 174 Å². The standard InChI is InChI=1S/C16H17N5O7S2/c1-6(22)28-3-7-4-29-14-10(13(24)21(14)11(7)15(25)26)19-12(23)9(20-27-2)8-5-30-16(17)18-8/h5,10,14H,3-4H2,1-2H3,(H2,17,18)(H,19,23)(H,25,26)/b20-9+/t10-,14+/m0/s1. The fraction of sp³-hybridized carbons (Fsp3) is 0.375. The summed E-state index contributed by atoms with van der Waals surface area (Å²) in [7, 11) is 1.25. The molecule has 0 aromatic carbocycles. The van der Waals surface area contributed by atoms with E-state index in [0.29, 0.717) is 5.57 Å². The number of nitrogens with zero attached hydrogens (tertiary/aromatic N) is 3. The van der Waals surface area contributed by atoms with Gasteiger partial charge in [0.1, 0.15) is 36.5 Å². The predicted octanol–water partition coefficient (Wildman–Crippen LogP) is -0.622. The number of carbonyl (C=O) groups excluding carboxylic acids is 3. The fourth-order valence-corrected chi connectivity index (χ4v) is 4.76. The van der Waals surface area contributed by atoms with E-state index < -0.39 is 35.2 Å². The van der Waals surface area contributed by atoms with Crippen molar-refractivity contribution < 1.29 is 33.9 Å². The quantitative estimate of drug-likeness (QED) is 0.208. The van der Waals surface area contributed by atoms with Crippen molar-refractivity contribution in [2.75, 3.05) is 25.2 Å². The Hall–Kier alpha value is -3.13. The third kappa shape index (κ3) is 4.09. The number of nitrogens with two attached hydrogens (primary N) is 1. The van der Waals surface area contributed by atoms with Crippen LogP contribution >= 0.6 is 23.1 Å². The molecule has 2 aliphatic heterocycles. The molecule has 2 aliphatic rings. The van der Waals surface area contributed by atoms with E-state index in [4.69, 9.17) is 10.5 Å². The molecule has 0 spiro atoms. The number of fused-ring (bicyclic) bond motifs is 1. The van der Waals surface area contributed by atoms with Crippen molar-refractivity contribution in [2.24, 2.45) is 5.16 Å². The Labute approximate surface area is 178 Å². The van der Waals surface area contributed by atoms with Crippen molar-refractivity contribution in [3.63, 3.8) is 0 Å². The molecular formula is C16H17N5O7S2. The van der Waals surface area contributed by atoms with Gasteiger partial charge in [0.05, 0.1) is 0 Å². The third-order valence-electron chi connectivity index (χ3n) is 4.15. The lowest BCUT2D eigenvalue weighted by atomic mass is 10.0. The summed E-state index contributed by atoms with van der Waals surface area (Å²) in [5, 5.41) is 16.9. The van der Waals surface area contributed by atoms with Crippen LogP contribution in [0.25, 0.3) is 0 Å². The molecule has 2 atom stereocenters. The Bertz CT molecular complexity index is 973. The van der Waals surface area contributed by atoms with Crippen molar-refractivity contribution in [3.05, 3.63) is 22.3 Å². The highest BCUT2D eigenvalue weighted by Gasteiger charge is 2.54. The molecule has 0 radical (unpaired) electrons. The first-order valence-corrected chi connectivity index (χ1v) is 10.3. The number of nitrogen functional groups attached to an aromatic ring is 1. The Morgan fingerprint density at radius 2 is 2.20 bits per heavy atom. The maximum absolute atomic E-state index is 12.7. The lowest BCUT2D eigenvalue weighted by molar-refractivity contribution is -0.150. The highest BCUT2D eigenvalue weighted by atomic mass is 32.2. The highest BCUT2D eigenvalue weighted by Crippen LogP contribution is 2.40. The minimum absolute atomic E-state index is 0.165. The molecule has 0 bridgehead atoms. The maximum atomic E-state index is 12.7. The largest absolute Gasteiger partial charge is 0.477 e.